The van der Waals surface area contributed by atoms with Crippen molar-refractivity contribution < 1.29 is 19.5 Å². The van der Waals surface area contributed by atoms with Crippen LogP contribution >= 0.6 is 0 Å². The maximum absolute atomic E-state index is 13.3. The van der Waals surface area contributed by atoms with Gasteiger partial charge < -0.3 is 21.5 Å². The van der Waals surface area contributed by atoms with Gasteiger partial charge in [0.2, 0.25) is 11.8 Å². The van der Waals surface area contributed by atoms with Crippen LogP contribution in [-0.2, 0) is 20.8 Å². The number of rotatable bonds is 12. The Kier molecular flexibility index (Phi) is 9.78. The number of carboxylic acids is 1. The van der Waals surface area contributed by atoms with Gasteiger partial charge in [-0.2, -0.15) is 0 Å². The summed E-state index contributed by atoms with van der Waals surface area (Å²) in [6.07, 6.45) is 7.39. The predicted molar refractivity (Wildman–Crippen MR) is 133 cm³/mol. The molecule has 1 aromatic carbocycles. The van der Waals surface area contributed by atoms with Crippen LogP contribution < -0.4 is 16.4 Å². The molecule has 3 rings (SSSR count). The van der Waals surface area contributed by atoms with E-state index >= 15 is 0 Å². The van der Waals surface area contributed by atoms with Gasteiger partial charge in [0.05, 0.1) is 12.1 Å². The molecule has 1 heterocycles. The zero-order valence-corrected chi connectivity index (χ0v) is 20.1. The topological polar surface area (TPSA) is 134 Å². The maximum atomic E-state index is 13.3. The van der Waals surface area contributed by atoms with Gasteiger partial charge in [0.1, 0.15) is 0 Å². The highest BCUT2D eigenvalue weighted by Crippen LogP contribution is 2.39. The van der Waals surface area contributed by atoms with Crippen molar-refractivity contribution in [1.82, 2.24) is 15.6 Å². The summed E-state index contributed by atoms with van der Waals surface area (Å²) in [7, 11) is 0. The number of amides is 2. The van der Waals surface area contributed by atoms with Crippen molar-refractivity contribution in [3.05, 3.63) is 66.0 Å². The zero-order chi connectivity index (χ0) is 25.1. The van der Waals surface area contributed by atoms with Gasteiger partial charge in [-0.15, -0.1) is 0 Å². The van der Waals surface area contributed by atoms with E-state index in [4.69, 9.17) is 10.8 Å². The Morgan fingerprint density at radius 3 is 2.40 bits per heavy atom. The van der Waals surface area contributed by atoms with Crippen LogP contribution in [0, 0.1) is 5.41 Å². The number of carbonyl (C=O) groups is 3. The highest BCUT2D eigenvalue weighted by atomic mass is 16.4. The first kappa shape index (κ1) is 26.3. The third kappa shape index (κ3) is 8.47. The molecule has 1 unspecified atom stereocenters. The van der Waals surface area contributed by atoms with Crippen LogP contribution in [0.25, 0.3) is 0 Å². The lowest BCUT2D eigenvalue weighted by atomic mass is 9.71. The molecule has 0 aliphatic heterocycles. The minimum atomic E-state index is -0.979. The summed E-state index contributed by atoms with van der Waals surface area (Å²) in [5.74, 6) is -1.40. The molecule has 1 aliphatic carbocycles. The number of pyridine rings is 1. The number of aliphatic carboxylic acids is 1. The van der Waals surface area contributed by atoms with Gasteiger partial charge in [-0.1, -0.05) is 55.7 Å². The molecule has 188 valence electrons. The average Bonchev–Trinajstić information content (AvgIpc) is 2.87. The van der Waals surface area contributed by atoms with Crippen molar-refractivity contribution in [2.24, 2.45) is 11.1 Å². The number of carbonyl (C=O) groups excluding carboxylic acids is 2. The second-order valence-corrected chi connectivity index (χ2v) is 9.55. The highest BCUT2D eigenvalue weighted by molar-refractivity contribution is 5.82. The molecule has 0 radical (unpaired) electrons. The molecule has 0 saturated heterocycles. The molecule has 2 atom stereocenters. The fourth-order valence-corrected chi connectivity index (χ4v) is 4.79. The quantitative estimate of drug-likeness (QED) is 0.369. The molecule has 35 heavy (non-hydrogen) atoms. The Labute approximate surface area is 206 Å². The van der Waals surface area contributed by atoms with E-state index in [9.17, 15) is 14.4 Å². The van der Waals surface area contributed by atoms with Crippen molar-refractivity contribution >= 4 is 17.8 Å². The summed E-state index contributed by atoms with van der Waals surface area (Å²) < 4.78 is 0. The Hall–Kier alpha value is -3.26. The van der Waals surface area contributed by atoms with Crippen LogP contribution in [0.4, 0.5) is 0 Å². The van der Waals surface area contributed by atoms with E-state index in [2.05, 4.69) is 15.6 Å². The molecule has 2 amide bonds. The van der Waals surface area contributed by atoms with Crippen molar-refractivity contribution in [1.29, 1.82) is 0 Å². The SMILES string of the molecule is N[C@@H](CCC(=O)O)C(=O)NCC1(CC(=O)NC(Cc2ccccn2)c2ccccc2)CCCCC1. The lowest BCUT2D eigenvalue weighted by Crippen LogP contribution is -2.47. The van der Waals surface area contributed by atoms with E-state index in [-0.39, 0.29) is 36.1 Å². The maximum Gasteiger partial charge on any atom is 0.303 e. The normalized spacial score (nSPS) is 16.6. The third-order valence-electron chi connectivity index (χ3n) is 6.77. The van der Waals surface area contributed by atoms with Gasteiger partial charge in [0.25, 0.3) is 0 Å². The summed E-state index contributed by atoms with van der Waals surface area (Å²) >= 11 is 0. The molecule has 8 heteroatoms. The molecule has 5 N–H and O–H groups in total. The molecule has 1 aliphatic rings. The second-order valence-electron chi connectivity index (χ2n) is 9.55. The van der Waals surface area contributed by atoms with Gasteiger partial charge in [0.15, 0.2) is 0 Å². The van der Waals surface area contributed by atoms with Crippen LogP contribution in [-0.4, -0.2) is 40.5 Å². The van der Waals surface area contributed by atoms with Gasteiger partial charge in [-0.25, -0.2) is 0 Å². The van der Waals surface area contributed by atoms with E-state index in [1.54, 1.807) is 6.20 Å². The molecule has 2 aromatic rings. The number of hydrogen-bond donors (Lipinski definition) is 4. The standard InChI is InChI=1S/C27H36N4O4/c28-22(12-13-25(33)34)26(35)30-19-27(14-6-2-7-15-27)18-24(32)31-23(20-9-3-1-4-10-20)17-21-11-5-8-16-29-21/h1,3-5,8-11,16,22-23H,2,6-7,12-15,17-19,28H2,(H,30,35)(H,31,32)(H,33,34)/t22-,23?/m0/s1. The van der Waals surface area contributed by atoms with E-state index in [0.29, 0.717) is 19.4 Å². The van der Waals surface area contributed by atoms with E-state index < -0.39 is 12.0 Å². The van der Waals surface area contributed by atoms with E-state index in [1.807, 2.05) is 48.5 Å². The minimum Gasteiger partial charge on any atom is -0.481 e. The Bertz CT molecular complexity index is 962. The molecular weight excluding hydrogens is 444 g/mol. The number of carboxylic acid groups (broad SMARTS) is 1. The first-order valence-electron chi connectivity index (χ1n) is 12.4. The lowest BCUT2D eigenvalue weighted by Gasteiger charge is -2.37. The number of hydrogen-bond acceptors (Lipinski definition) is 5. The van der Waals surface area contributed by atoms with E-state index in [1.165, 1.54) is 0 Å². The van der Waals surface area contributed by atoms with Gasteiger partial charge >= 0.3 is 5.97 Å². The molecule has 0 spiro atoms. The summed E-state index contributed by atoms with van der Waals surface area (Å²) in [5.41, 5.74) is 7.45. The summed E-state index contributed by atoms with van der Waals surface area (Å²) in [5, 5.41) is 14.9. The monoisotopic (exact) mass is 480 g/mol. The Balaban J connectivity index is 1.65. The number of benzene rings is 1. The fourth-order valence-electron chi connectivity index (χ4n) is 4.79. The van der Waals surface area contributed by atoms with Gasteiger partial charge in [-0.3, -0.25) is 19.4 Å². The summed E-state index contributed by atoms with van der Waals surface area (Å²) in [6, 6.07) is 14.5. The van der Waals surface area contributed by atoms with E-state index in [0.717, 1.165) is 43.4 Å². The van der Waals surface area contributed by atoms with Crippen LogP contribution in [0.15, 0.2) is 54.7 Å². The van der Waals surface area contributed by atoms with Crippen molar-refractivity contribution in [2.75, 3.05) is 6.54 Å². The number of nitrogens with one attached hydrogen (secondary N) is 2. The zero-order valence-electron chi connectivity index (χ0n) is 20.1. The van der Waals surface area contributed by atoms with Crippen LogP contribution in [0.2, 0.25) is 0 Å². The molecule has 1 saturated carbocycles. The Morgan fingerprint density at radius 2 is 1.74 bits per heavy atom. The van der Waals surface area contributed by atoms with Gasteiger partial charge in [-0.05, 0) is 42.4 Å². The lowest BCUT2D eigenvalue weighted by molar-refractivity contribution is -0.137. The Morgan fingerprint density at radius 1 is 1.03 bits per heavy atom. The third-order valence-corrected chi connectivity index (χ3v) is 6.77. The average molecular weight is 481 g/mol. The van der Waals surface area contributed by atoms with Crippen molar-refractivity contribution in [3.63, 3.8) is 0 Å². The van der Waals surface area contributed by atoms with Crippen LogP contribution in [0.3, 0.4) is 0 Å². The minimum absolute atomic E-state index is 0.0545. The first-order valence-corrected chi connectivity index (χ1v) is 12.4. The highest BCUT2D eigenvalue weighted by Gasteiger charge is 2.35. The first-order chi connectivity index (χ1) is 16.9. The summed E-state index contributed by atoms with van der Waals surface area (Å²) in [4.78, 5) is 41.0. The molecule has 1 aromatic heterocycles. The van der Waals surface area contributed by atoms with Crippen molar-refractivity contribution in [2.45, 2.75) is 69.9 Å². The molecule has 1 fully saturated rings. The second kappa shape index (κ2) is 13.0. The largest absolute Gasteiger partial charge is 0.481 e. The summed E-state index contributed by atoms with van der Waals surface area (Å²) in [6.45, 7) is 0.357. The van der Waals surface area contributed by atoms with Crippen LogP contribution in [0.5, 0.6) is 0 Å². The number of aromatic nitrogens is 1. The van der Waals surface area contributed by atoms with Crippen molar-refractivity contribution in [3.8, 4) is 0 Å². The smallest absolute Gasteiger partial charge is 0.303 e. The van der Waals surface area contributed by atoms with Gasteiger partial charge in [0, 0.05) is 37.7 Å². The number of nitrogens with zero attached hydrogens (tertiary/aromatic N) is 1. The fraction of sp³-hybridized carbons (Fsp3) is 0.481. The predicted octanol–water partition coefficient (Wildman–Crippen LogP) is 3.13. The molecular formula is C27H36N4O4. The number of nitrogens with two attached hydrogens (primary N) is 1. The van der Waals surface area contributed by atoms with Crippen LogP contribution in [0.1, 0.15) is 68.7 Å². The molecule has 0 bridgehead atoms. The molecule has 8 nitrogen and oxygen atoms in total.